The van der Waals surface area contributed by atoms with Crippen LogP contribution < -0.4 is 10.1 Å². The molecular formula is C25H27F3N2O4. The Balaban J connectivity index is 1.47. The highest BCUT2D eigenvalue weighted by molar-refractivity contribution is 5.98. The maximum absolute atomic E-state index is 13.5. The number of carbonyl (C=O) groups excluding carboxylic acids is 2. The van der Waals surface area contributed by atoms with E-state index < -0.39 is 29.4 Å². The third-order valence-electron chi connectivity index (χ3n) is 6.29. The summed E-state index contributed by atoms with van der Waals surface area (Å²) in [6.07, 6.45) is -0.638. The van der Waals surface area contributed by atoms with Crippen LogP contribution in [0, 0.1) is 0 Å². The number of carbonyl (C=O) groups is 2. The van der Waals surface area contributed by atoms with Gasteiger partial charge in [-0.25, -0.2) is 0 Å². The van der Waals surface area contributed by atoms with Crippen molar-refractivity contribution in [3.8, 4) is 5.75 Å². The van der Waals surface area contributed by atoms with Crippen molar-refractivity contribution in [3.63, 3.8) is 0 Å². The highest BCUT2D eigenvalue weighted by Crippen LogP contribution is 2.41. The van der Waals surface area contributed by atoms with Crippen LogP contribution in [0.3, 0.4) is 0 Å². The van der Waals surface area contributed by atoms with Gasteiger partial charge in [0.1, 0.15) is 24.1 Å². The first-order valence-electron chi connectivity index (χ1n) is 11.4. The lowest BCUT2D eigenvalue weighted by Crippen LogP contribution is -2.56. The molecule has 2 aliphatic rings. The Kier molecular flexibility index (Phi) is 7.11. The second kappa shape index (κ2) is 10.0. The maximum atomic E-state index is 13.5. The summed E-state index contributed by atoms with van der Waals surface area (Å²) in [6.45, 7) is 0.526. The molecule has 1 heterocycles. The number of hydrogen-bond acceptors (Lipinski definition) is 4. The van der Waals surface area contributed by atoms with Gasteiger partial charge in [-0.2, -0.15) is 13.2 Å². The van der Waals surface area contributed by atoms with Gasteiger partial charge >= 0.3 is 6.18 Å². The van der Waals surface area contributed by atoms with E-state index in [9.17, 15) is 22.8 Å². The molecule has 0 aromatic heterocycles. The molecule has 1 unspecified atom stereocenters. The predicted octanol–water partition coefficient (Wildman–Crippen LogP) is 4.40. The molecule has 2 aromatic carbocycles. The molecule has 1 atom stereocenters. The monoisotopic (exact) mass is 476 g/mol. The average Bonchev–Trinajstić information content (AvgIpc) is 3.20. The van der Waals surface area contributed by atoms with E-state index in [2.05, 4.69) is 5.32 Å². The summed E-state index contributed by atoms with van der Waals surface area (Å²) < 4.78 is 50.5. The van der Waals surface area contributed by atoms with Crippen molar-refractivity contribution in [3.05, 3.63) is 65.7 Å². The fraction of sp³-hybridized carbons (Fsp3) is 0.440. The molecule has 6 nitrogen and oxygen atoms in total. The largest absolute Gasteiger partial charge is 0.492 e. The van der Waals surface area contributed by atoms with E-state index in [0.717, 1.165) is 43.5 Å². The summed E-state index contributed by atoms with van der Waals surface area (Å²) in [7, 11) is 0. The molecule has 1 saturated carbocycles. The minimum atomic E-state index is -4.49. The number of rotatable bonds is 6. The number of nitrogens with one attached hydrogen (secondary N) is 1. The highest BCUT2D eigenvalue weighted by Gasteiger charge is 2.53. The first-order valence-corrected chi connectivity index (χ1v) is 11.4. The number of amides is 2. The van der Waals surface area contributed by atoms with Gasteiger partial charge in [-0.1, -0.05) is 24.6 Å². The van der Waals surface area contributed by atoms with Crippen molar-refractivity contribution < 1.29 is 32.2 Å². The van der Waals surface area contributed by atoms with Gasteiger partial charge < -0.3 is 14.8 Å². The Bertz CT molecular complexity index is 989. The summed E-state index contributed by atoms with van der Waals surface area (Å²) in [5.41, 5.74) is -1.66. The zero-order valence-electron chi connectivity index (χ0n) is 18.6. The Morgan fingerprint density at radius 3 is 2.35 bits per heavy atom. The van der Waals surface area contributed by atoms with Gasteiger partial charge in [0.05, 0.1) is 18.7 Å². The Morgan fingerprint density at radius 2 is 1.71 bits per heavy atom. The topological polar surface area (TPSA) is 67.9 Å². The maximum Gasteiger partial charge on any atom is 0.416 e. The number of nitrogens with zero attached hydrogens (tertiary/aromatic N) is 1. The van der Waals surface area contributed by atoms with Crippen LogP contribution in [0.4, 0.5) is 13.2 Å². The molecule has 0 radical (unpaired) electrons. The van der Waals surface area contributed by atoms with Gasteiger partial charge in [-0.3, -0.25) is 14.5 Å². The van der Waals surface area contributed by atoms with Gasteiger partial charge in [-0.15, -0.1) is 0 Å². The zero-order chi connectivity index (χ0) is 24.2. The van der Waals surface area contributed by atoms with Crippen LogP contribution in [0.1, 0.15) is 48.0 Å². The minimum absolute atomic E-state index is 0.0394. The van der Waals surface area contributed by atoms with E-state index in [1.807, 2.05) is 30.3 Å². The van der Waals surface area contributed by atoms with Gasteiger partial charge in [0.15, 0.2) is 0 Å². The highest BCUT2D eigenvalue weighted by atomic mass is 19.4. The zero-order valence-corrected chi connectivity index (χ0v) is 18.6. The number of halogens is 3. The van der Waals surface area contributed by atoms with Crippen LogP contribution in [-0.4, -0.2) is 48.2 Å². The summed E-state index contributed by atoms with van der Waals surface area (Å²) in [5, 5.41) is 2.80. The first kappa shape index (κ1) is 24.1. The molecule has 2 amide bonds. The lowest BCUT2D eigenvalue weighted by Gasteiger charge is -2.41. The van der Waals surface area contributed by atoms with Gasteiger partial charge in [-0.05, 0) is 62.1 Å². The predicted molar refractivity (Wildman–Crippen MR) is 118 cm³/mol. The third-order valence-corrected chi connectivity index (χ3v) is 6.29. The van der Waals surface area contributed by atoms with E-state index in [1.165, 1.54) is 4.90 Å². The number of ether oxygens (including phenoxy) is 2. The summed E-state index contributed by atoms with van der Waals surface area (Å²) in [6, 6.07) is 12.4. The molecule has 9 heteroatoms. The minimum Gasteiger partial charge on any atom is -0.492 e. The van der Waals surface area contributed by atoms with Crippen LogP contribution in [0.15, 0.2) is 54.6 Å². The van der Waals surface area contributed by atoms with Crippen molar-refractivity contribution in [2.75, 3.05) is 19.8 Å². The van der Waals surface area contributed by atoms with Gasteiger partial charge in [0.25, 0.3) is 5.91 Å². The summed E-state index contributed by atoms with van der Waals surface area (Å²) in [4.78, 5) is 27.9. The second-order valence-electron chi connectivity index (χ2n) is 8.54. The standard InChI is InChI=1S/C25H27F3N2O4/c26-25(27,28)19-11-9-18(10-12-19)23(32)30-21(17-34-24(30)13-5-2-6-14-24)22(31)29-15-16-33-20-7-3-1-4-8-20/h1,3-4,7-12,21H,2,5-6,13-17H2,(H,29,31). The SMILES string of the molecule is O=C(NCCOc1ccccc1)C1COC2(CCCCC2)N1C(=O)c1ccc(C(F)(F)F)cc1. The van der Waals surface area contributed by atoms with Crippen LogP contribution in [0.5, 0.6) is 5.75 Å². The van der Waals surface area contributed by atoms with Crippen molar-refractivity contribution in [2.45, 2.75) is 50.0 Å². The molecule has 2 aromatic rings. The smallest absolute Gasteiger partial charge is 0.416 e. The molecule has 4 rings (SSSR count). The number of alkyl halides is 3. The van der Waals surface area contributed by atoms with Crippen LogP contribution in [0.25, 0.3) is 0 Å². The molecule has 1 N–H and O–H groups in total. The van der Waals surface area contributed by atoms with Crippen LogP contribution in [0.2, 0.25) is 0 Å². The first-order chi connectivity index (χ1) is 16.3. The van der Waals surface area contributed by atoms with Crippen molar-refractivity contribution >= 4 is 11.8 Å². The number of hydrogen-bond donors (Lipinski definition) is 1. The lowest BCUT2D eigenvalue weighted by molar-refractivity contribution is -0.137. The van der Waals surface area contributed by atoms with Gasteiger partial charge in [0, 0.05) is 5.56 Å². The Labute approximate surface area is 196 Å². The Morgan fingerprint density at radius 1 is 1.03 bits per heavy atom. The quantitative estimate of drug-likeness (QED) is 0.628. The van der Waals surface area contributed by atoms with E-state index in [1.54, 1.807) is 0 Å². The average molecular weight is 476 g/mol. The van der Waals surface area contributed by atoms with E-state index in [4.69, 9.17) is 9.47 Å². The lowest BCUT2D eigenvalue weighted by atomic mass is 9.89. The van der Waals surface area contributed by atoms with Crippen molar-refractivity contribution in [1.82, 2.24) is 10.2 Å². The van der Waals surface area contributed by atoms with Crippen LogP contribution >= 0.6 is 0 Å². The fourth-order valence-corrected chi connectivity index (χ4v) is 4.59. The van der Waals surface area contributed by atoms with E-state index >= 15 is 0 Å². The third kappa shape index (κ3) is 5.19. The molecule has 1 spiro atoms. The molecule has 2 fully saturated rings. The van der Waals surface area contributed by atoms with E-state index in [0.29, 0.717) is 18.6 Å². The molecule has 1 aliphatic carbocycles. The van der Waals surface area contributed by atoms with Crippen molar-refractivity contribution in [1.29, 1.82) is 0 Å². The molecule has 1 saturated heterocycles. The van der Waals surface area contributed by atoms with Crippen molar-refractivity contribution in [2.24, 2.45) is 0 Å². The molecule has 182 valence electrons. The Hall–Kier alpha value is -3.07. The molecule has 34 heavy (non-hydrogen) atoms. The normalized spacial score (nSPS) is 19.7. The van der Waals surface area contributed by atoms with Crippen LogP contribution in [-0.2, 0) is 15.7 Å². The number of para-hydroxylation sites is 1. The molecular weight excluding hydrogens is 449 g/mol. The van der Waals surface area contributed by atoms with E-state index in [-0.39, 0.29) is 31.2 Å². The second-order valence-corrected chi connectivity index (χ2v) is 8.54. The fourth-order valence-electron chi connectivity index (χ4n) is 4.59. The molecule has 1 aliphatic heterocycles. The summed E-state index contributed by atoms with van der Waals surface area (Å²) >= 11 is 0. The molecule has 0 bridgehead atoms. The summed E-state index contributed by atoms with van der Waals surface area (Å²) in [5.74, 6) is -0.200. The number of benzene rings is 2. The van der Waals surface area contributed by atoms with Gasteiger partial charge in [0.2, 0.25) is 5.91 Å².